The number of nitrogens with one attached hydrogen (secondary N) is 3. The number of guanidine groups is 1. The molecular formula is C57H85N9O10. The standard InChI is InChI=1S/C57H85N9O10/c1-11-39(4)52(63(8)56(73)51(38(2)3)61-57(62(6)7)64-31-33-76-34-32-64)46(74-9)36-50(70)65-30-18-21-45(65)53(75-10)40(5)54(71)60-44(35-41-19-14-12-15-20-41)55(72)59-43-25-23-42(24-26-43)37-58-47(67)22-16-13-17-29-66-48(68)27-28-49(66)69/h12,14-15,19-20,23-28,38-40,44-46,51-53H,11,13,16-18,21-22,29-37H2,1-10H3,(H,58,67)(H,59,72)(H,60,71)/t39-,40+,44-,45-,46+,51-,52-,53+/m0/s1. The summed E-state index contributed by atoms with van der Waals surface area (Å²) in [7, 11) is 8.77. The number of morpholine rings is 1. The van der Waals surface area contributed by atoms with Crippen LogP contribution in [-0.2, 0) is 60.7 Å². The Morgan fingerprint density at radius 3 is 2.11 bits per heavy atom. The Morgan fingerprint density at radius 2 is 1.50 bits per heavy atom. The van der Waals surface area contributed by atoms with Gasteiger partial charge in [0.15, 0.2) is 5.96 Å². The lowest BCUT2D eigenvalue weighted by Gasteiger charge is -2.40. The van der Waals surface area contributed by atoms with Gasteiger partial charge in [0.25, 0.3) is 11.8 Å². The molecule has 2 saturated heterocycles. The van der Waals surface area contributed by atoms with E-state index in [0.717, 1.165) is 23.5 Å². The smallest absolute Gasteiger partial charge is 0.253 e. The molecule has 8 atom stereocenters. The number of ether oxygens (including phenoxy) is 3. The van der Waals surface area contributed by atoms with Crippen LogP contribution in [0.4, 0.5) is 5.69 Å². The molecule has 76 heavy (non-hydrogen) atoms. The number of carbonyl (C=O) groups is 7. The molecule has 3 aliphatic heterocycles. The SMILES string of the molecule is CC[C@H](C)[C@@H]([C@@H](CC(=O)N1CCC[C@H]1[C@H](OC)[C@@H](C)C(=O)N[C@@H](Cc1ccccc1)C(=O)Nc1ccc(CNC(=O)CCCCCN2C(=O)C=CC2=O)cc1)OC)N(C)C(=O)[C@@H](N=C(N(C)C)N1CCOCC1)C(C)C. The molecule has 5 rings (SSSR count). The fourth-order valence-corrected chi connectivity index (χ4v) is 10.3. The van der Waals surface area contributed by atoms with E-state index in [9.17, 15) is 33.6 Å². The first-order valence-corrected chi connectivity index (χ1v) is 27.1. The second-order valence-electron chi connectivity index (χ2n) is 20.9. The van der Waals surface area contributed by atoms with Crippen LogP contribution < -0.4 is 16.0 Å². The minimum Gasteiger partial charge on any atom is -0.379 e. The molecule has 3 heterocycles. The van der Waals surface area contributed by atoms with Gasteiger partial charge in [-0.1, -0.05) is 89.9 Å². The maximum absolute atomic E-state index is 14.6. The summed E-state index contributed by atoms with van der Waals surface area (Å²) in [6, 6.07) is 14.0. The third-order valence-electron chi connectivity index (χ3n) is 14.9. The van der Waals surface area contributed by atoms with Gasteiger partial charge >= 0.3 is 0 Å². The summed E-state index contributed by atoms with van der Waals surface area (Å²) in [6.45, 7) is 13.5. The molecule has 0 radical (unpaired) electrons. The van der Waals surface area contributed by atoms with E-state index in [1.807, 2.05) is 75.3 Å². The van der Waals surface area contributed by atoms with Crippen molar-refractivity contribution < 1.29 is 47.8 Å². The molecule has 2 fully saturated rings. The van der Waals surface area contributed by atoms with Crippen LogP contribution in [0.15, 0.2) is 71.7 Å². The Labute approximate surface area is 450 Å². The number of nitrogens with zero attached hydrogens (tertiary/aromatic N) is 6. The summed E-state index contributed by atoms with van der Waals surface area (Å²) in [5.41, 5.74) is 2.19. The number of anilines is 1. The van der Waals surface area contributed by atoms with Crippen molar-refractivity contribution in [2.24, 2.45) is 22.7 Å². The molecule has 0 aliphatic carbocycles. The number of amides is 7. The van der Waals surface area contributed by atoms with Gasteiger partial charge in [0, 0.05) is 98.8 Å². The number of likely N-dealkylation sites (N-methyl/N-ethyl adjacent to an activating group) is 1. The molecule has 19 nitrogen and oxygen atoms in total. The zero-order valence-electron chi connectivity index (χ0n) is 46.6. The van der Waals surface area contributed by atoms with E-state index >= 15 is 0 Å². The van der Waals surface area contributed by atoms with E-state index in [1.54, 1.807) is 43.0 Å². The summed E-state index contributed by atoms with van der Waals surface area (Å²) >= 11 is 0. The minimum atomic E-state index is -0.961. The Hall–Kier alpha value is -6.18. The van der Waals surface area contributed by atoms with Crippen LogP contribution in [0.3, 0.4) is 0 Å². The summed E-state index contributed by atoms with van der Waals surface area (Å²) in [4.78, 5) is 108. The number of hydrogen-bond acceptors (Lipinski definition) is 11. The molecule has 0 saturated carbocycles. The molecule has 2 aromatic rings. The normalized spacial score (nSPS) is 18.7. The highest BCUT2D eigenvalue weighted by atomic mass is 16.5. The Kier molecular flexibility index (Phi) is 23.9. The lowest BCUT2D eigenvalue weighted by molar-refractivity contribution is -0.146. The molecule has 418 valence electrons. The second kappa shape index (κ2) is 29.9. The van der Waals surface area contributed by atoms with Crippen molar-refractivity contribution in [1.29, 1.82) is 0 Å². The van der Waals surface area contributed by atoms with E-state index < -0.39 is 54.1 Å². The van der Waals surface area contributed by atoms with Gasteiger partial charge in [0.05, 0.1) is 49.8 Å². The van der Waals surface area contributed by atoms with Crippen LogP contribution in [0.2, 0.25) is 0 Å². The Morgan fingerprint density at radius 1 is 0.829 bits per heavy atom. The van der Waals surface area contributed by atoms with Gasteiger partial charge in [0.2, 0.25) is 29.5 Å². The summed E-state index contributed by atoms with van der Waals surface area (Å²) in [6.07, 6.45) is 5.71. The third-order valence-corrected chi connectivity index (χ3v) is 14.9. The van der Waals surface area contributed by atoms with Crippen molar-refractivity contribution in [3.8, 4) is 0 Å². The van der Waals surface area contributed by atoms with Gasteiger partial charge in [-0.05, 0) is 60.8 Å². The molecule has 0 unspecified atom stereocenters. The number of carbonyl (C=O) groups excluding carboxylic acids is 7. The van der Waals surface area contributed by atoms with E-state index in [0.29, 0.717) is 83.6 Å². The van der Waals surface area contributed by atoms with Crippen LogP contribution in [0.1, 0.15) is 97.1 Å². The first kappa shape index (κ1) is 60.7. The number of imide groups is 1. The van der Waals surface area contributed by atoms with E-state index in [-0.39, 0.29) is 60.8 Å². The number of aliphatic imine (C=N–C) groups is 1. The van der Waals surface area contributed by atoms with Crippen LogP contribution in [0.25, 0.3) is 0 Å². The van der Waals surface area contributed by atoms with Crippen molar-refractivity contribution in [2.45, 2.75) is 135 Å². The Balaban J connectivity index is 1.21. The summed E-state index contributed by atoms with van der Waals surface area (Å²) in [5, 5.41) is 8.88. The molecule has 3 aliphatic rings. The molecule has 2 aromatic carbocycles. The molecular weight excluding hydrogens is 971 g/mol. The monoisotopic (exact) mass is 1060 g/mol. The Bertz CT molecular complexity index is 2290. The quantitative estimate of drug-likeness (QED) is 0.0484. The fourth-order valence-electron chi connectivity index (χ4n) is 10.3. The maximum atomic E-state index is 14.6. The fraction of sp³-hybridized carbons (Fsp3) is 0.614. The topological polar surface area (TPSA) is 212 Å². The second-order valence-corrected chi connectivity index (χ2v) is 20.9. The number of rotatable bonds is 27. The highest BCUT2D eigenvalue weighted by Gasteiger charge is 2.43. The number of hydrogen-bond donors (Lipinski definition) is 3. The largest absolute Gasteiger partial charge is 0.379 e. The summed E-state index contributed by atoms with van der Waals surface area (Å²) in [5.74, 6) is -2.03. The average molecular weight is 1060 g/mol. The van der Waals surface area contributed by atoms with Crippen molar-refractivity contribution >= 4 is 53.0 Å². The average Bonchev–Trinajstić information content (AvgIpc) is 4.03. The molecule has 0 bridgehead atoms. The van der Waals surface area contributed by atoms with Crippen molar-refractivity contribution in [2.75, 3.05) is 80.1 Å². The lowest BCUT2D eigenvalue weighted by Crippen LogP contribution is -2.55. The van der Waals surface area contributed by atoms with Crippen molar-refractivity contribution in [1.82, 2.24) is 35.1 Å². The number of benzene rings is 2. The third kappa shape index (κ3) is 16.9. The lowest BCUT2D eigenvalue weighted by atomic mass is 9.89. The van der Waals surface area contributed by atoms with E-state index in [2.05, 4.69) is 34.7 Å². The maximum Gasteiger partial charge on any atom is 0.253 e. The van der Waals surface area contributed by atoms with Crippen molar-refractivity contribution in [3.63, 3.8) is 0 Å². The van der Waals surface area contributed by atoms with E-state index in [1.165, 1.54) is 24.2 Å². The number of unbranched alkanes of at least 4 members (excludes halogenated alkanes) is 2. The van der Waals surface area contributed by atoms with Crippen LogP contribution in [-0.4, -0.2) is 183 Å². The van der Waals surface area contributed by atoms with Crippen LogP contribution >= 0.6 is 0 Å². The predicted molar refractivity (Wildman–Crippen MR) is 292 cm³/mol. The van der Waals surface area contributed by atoms with E-state index in [4.69, 9.17) is 19.2 Å². The zero-order valence-corrected chi connectivity index (χ0v) is 46.6. The van der Waals surface area contributed by atoms with Gasteiger partial charge in [0.1, 0.15) is 12.1 Å². The first-order valence-electron chi connectivity index (χ1n) is 27.1. The predicted octanol–water partition coefficient (Wildman–Crippen LogP) is 4.65. The van der Waals surface area contributed by atoms with Gasteiger partial charge < -0.3 is 49.8 Å². The van der Waals surface area contributed by atoms with Gasteiger partial charge in [-0.25, -0.2) is 4.99 Å². The highest BCUT2D eigenvalue weighted by Crippen LogP contribution is 2.30. The van der Waals surface area contributed by atoms with Crippen LogP contribution in [0, 0.1) is 17.8 Å². The minimum absolute atomic E-state index is 0.00655. The molecule has 0 aromatic heterocycles. The molecule has 7 amide bonds. The summed E-state index contributed by atoms with van der Waals surface area (Å²) < 4.78 is 17.8. The molecule has 19 heteroatoms. The van der Waals surface area contributed by atoms with Crippen molar-refractivity contribution in [3.05, 3.63) is 77.9 Å². The first-order chi connectivity index (χ1) is 36.4. The van der Waals surface area contributed by atoms with Crippen LogP contribution in [0.5, 0.6) is 0 Å². The number of likely N-dealkylation sites (tertiary alicyclic amines) is 1. The molecule has 0 spiro atoms. The van der Waals surface area contributed by atoms with Gasteiger partial charge in [-0.15, -0.1) is 0 Å². The van der Waals surface area contributed by atoms with Gasteiger partial charge in [-0.3, -0.25) is 38.5 Å². The number of methoxy groups -OCH3 is 2. The van der Waals surface area contributed by atoms with Gasteiger partial charge in [-0.2, -0.15) is 0 Å². The zero-order chi connectivity index (χ0) is 55.5. The highest BCUT2D eigenvalue weighted by molar-refractivity contribution is 6.12. The molecule has 3 N–H and O–H groups in total.